The van der Waals surface area contributed by atoms with E-state index >= 15 is 0 Å². The molecule has 1 aromatic carbocycles. The standard InChI is InChI=1S/C18H23N3O2.ClH/c1-13(2)21-9-7-20(8-10-21)12-16-5-3-14-11-15(18(22)23)4-6-17(14)19-16;/h3-6,11,13H,7-10,12H2,1-2H3,(H,22,23);1H. The van der Waals surface area contributed by atoms with Crippen molar-refractivity contribution in [2.75, 3.05) is 26.2 Å². The zero-order valence-corrected chi connectivity index (χ0v) is 14.9. The van der Waals surface area contributed by atoms with E-state index in [1.165, 1.54) is 0 Å². The third-order valence-electron chi connectivity index (χ3n) is 4.52. The van der Waals surface area contributed by atoms with Gasteiger partial charge in [0, 0.05) is 44.2 Å². The van der Waals surface area contributed by atoms with Gasteiger partial charge in [0.1, 0.15) is 0 Å². The van der Waals surface area contributed by atoms with Crippen LogP contribution in [0.5, 0.6) is 0 Å². The van der Waals surface area contributed by atoms with Crippen LogP contribution in [0.15, 0.2) is 30.3 Å². The first-order valence-electron chi connectivity index (χ1n) is 8.12. The minimum absolute atomic E-state index is 0. The molecule has 2 heterocycles. The molecule has 3 rings (SSSR count). The fourth-order valence-electron chi connectivity index (χ4n) is 3.06. The summed E-state index contributed by atoms with van der Waals surface area (Å²) < 4.78 is 0. The van der Waals surface area contributed by atoms with Gasteiger partial charge < -0.3 is 5.11 Å². The fraction of sp³-hybridized carbons (Fsp3) is 0.444. The normalized spacial score (nSPS) is 16.3. The van der Waals surface area contributed by atoms with Crippen LogP contribution >= 0.6 is 12.4 Å². The molecule has 0 bridgehead atoms. The molecule has 6 heteroatoms. The molecule has 0 unspecified atom stereocenters. The van der Waals surface area contributed by atoms with E-state index in [0.717, 1.165) is 49.3 Å². The van der Waals surface area contributed by atoms with Crippen LogP contribution in [0, 0.1) is 0 Å². The van der Waals surface area contributed by atoms with Crippen molar-refractivity contribution in [2.24, 2.45) is 0 Å². The van der Waals surface area contributed by atoms with Crippen molar-refractivity contribution in [3.8, 4) is 0 Å². The van der Waals surface area contributed by atoms with Gasteiger partial charge in [0.05, 0.1) is 16.8 Å². The molecule has 1 saturated heterocycles. The number of carboxylic acid groups (broad SMARTS) is 1. The van der Waals surface area contributed by atoms with E-state index in [4.69, 9.17) is 5.11 Å². The second-order valence-corrected chi connectivity index (χ2v) is 6.42. The average Bonchev–Trinajstić information content (AvgIpc) is 2.54. The third kappa shape index (κ3) is 4.23. The van der Waals surface area contributed by atoms with Crippen LogP contribution in [-0.2, 0) is 6.54 Å². The van der Waals surface area contributed by atoms with Crippen LogP contribution in [-0.4, -0.2) is 58.1 Å². The first-order chi connectivity index (χ1) is 11.0. The first kappa shape index (κ1) is 18.6. The highest BCUT2D eigenvalue weighted by molar-refractivity contribution is 5.93. The summed E-state index contributed by atoms with van der Waals surface area (Å²) >= 11 is 0. The quantitative estimate of drug-likeness (QED) is 0.919. The van der Waals surface area contributed by atoms with Crippen molar-refractivity contribution in [1.82, 2.24) is 14.8 Å². The molecule has 1 aromatic heterocycles. The number of piperazine rings is 1. The average molecular weight is 350 g/mol. The van der Waals surface area contributed by atoms with Crippen molar-refractivity contribution in [1.29, 1.82) is 0 Å². The van der Waals surface area contributed by atoms with Crippen LogP contribution in [0.2, 0.25) is 0 Å². The minimum atomic E-state index is -0.904. The third-order valence-corrected chi connectivity index (χ3v) is 4.52. The maximum Gasteiger partial charge on any atom is 0.335 e. The largest absolute Gasteiger partial charge is 0.478 e. The lowest BCUT2D eigenvalue weighted by molar-refractivity contribution is 0.0697. The molecule has 0 radical (unpaired) electrons. The molecule has 130 valence electrons. The molecule has 1 aliphatic rings. The van der Waals surface area contributed by atoms with E-state index < -0.39 is 5.97 Å². The van der Waals surface area contributed by atoms with Crippen molar-refractivity contribution in [3.63, 3.8) is 0 Å². The number of nitrogens with zero attached hydrogens (tertiary/aromatic N) is 3. The molecule has 24 heavy (non-hydrogen) atoms. The summed E-state index contributed by atoms with van der Waals surface area (Å²) in [6, 6.07) is 9.66. The van der Waals surface area contributed by atoms with E-state index in [1.807, 2.05) is 12.1 Å². The number of hydrogen-bond donors (Lipinski definition) is 1. The zero-order valence-electron chi connectivity index (χ0n) is 14.1. The molecular weight excluding hydrogens is 326 g/mol. The Hall–Kier alpha value is -1.69. The number of carbonyl (C=O) groups is 1. The molecule has 1 aliphatic heterocycles. The highest BCUT2D eigenvalue weighted by Crippen LogP contribution is 2.17. The number of halogens is 1. The lowest BCUT2D eigenvalue weighted by Crippen LogP contribution is -2.48. The second-order valence-electron chi connectivity index (χ2n) is 6.42. The summed E-state index contributed by atoms with van der Waals surface area (Å²) in [5.74, 6) is -0.904. The van der Waals surface area contributed by atoms with Gasteiger partial charge >= 0.3 is 5.97 Å². The van der Waals surface area contributed by atoms with E-state index in [1.54, 1.807) is 18.2 Å². The molecule has 0 amide bonds. The predicted octanol–water partition coefficient (Wildman–Crippen LogP) is 2.88. The van der Waals surface area contributed by atoms with Gasteiger partial charge in [0.25, 0.3) is 0 Å². The number of benzene rings is 1. The molecule has 1 N–H and O–H groups in total. The van der Waals surface area contributed by atoms with Crippen molar-refractivity contribution in [3.05, 3.63) is 41.6 Å². The van der Waals surface area contributed by atoms with Gasteiger partial charge in [0.15, 0.2) is 0 Å². The number of pyridine rings is 1. The van der Waals surface area contributed by atoms with E-state index in [-0.39, 0.29) is 12.4 Å². The SMILES string of the molecule is CC(C)N1CCN(Cc2ccc3cc(C(=O)O)ccc3n2)CC1.Cl. The molecule has 5 nitrogen and oxygen atoms in total. The lowest BCUT2D eigenvalue weighted by atomic mass is 10.1. The monoisotopic (exact) mass is 349 g/mol. The van der Waals surface area contributed by atoms with Crippen molar-refractivity contribution < 1.29 is 9.90 Å². The Balaban J connectivity index is 0.00000208. The maximum atomic E-state index is 11.0. The number of rotatable bonds is 4. The Morgan fingerprint density at radius 1 is 1.17 bits per heavy atom. The fourth-order valence-corrected chi connectivity index (χ4v) is 3.06. The number of aromatic carboxylic acids is 1. The zero-order chi connectivity index (χ0) is 16.4. The van der Waals surface area contributed by atoms with Gasteiger partial charge in [-0.25, -0.2) is 4.79 Å². The second kappa shape index (κ2) is 7.92. The Kier molecular flexibility index (Phi) is 6.15. The summed E-state index contributed by atoms with van der Waals surface area (Å²) in [7, 11) is 0. The Labute approximate surface area is 148 Å². The topological polar surface area (TPSA) is 56.7 Å². The maximum absolute atomic E-state index is 11.0. The van der Waals surface area contributed by atoms with E-state index in [2.05, 4.69) is 28.6 Å². The van der Waals surface area contributed by atoms with Gasteiger partial charge in [-0.3, -0.25) is 14.8 Å². The smallest absolute Gasteiger partial charge is 0.335 e. The molecule has 0 atom stereocenters. The van der Waals surface area contributed by atoms with Gasteiger partial charge in [-0.05, 0) is 38.1 Å². The Morgan fingerprint density at radius 2 is 1.88 bits per heavy atom. The van der Waals surface area contributed by atoms with Crippen LogP contribution in [0.3, 0.4) is 0 Å². The highest BCUT2D eigenvalue weighted by Gasteiger charge is 2.19. The van der Waals surface area contributed by atoms with Gasteiger partial charge in [-0.1, -0.05) is 6.07 Å². The van der Waals surface area contributed by atoms with E-state index in [9.17, 15) is 4.79 Å². The van der Waals surface area contributed by atoms with Gasteiger partial charge in [-0.15, -0.1) is 12.4 Å². The molecule has 1 fully saturated rings. The lowest BCUT2D eigenvalue weighted by Gasteiger charge is -2.36. The Bertz CT molecular complexity index is 712. The van der Waals surface area contributed by atoms with E-state index in [0.29, 0.717) is 11.6 Å². The molecule has 2 aromatic rings. The first-order valence-corrected chi connectivity index (χ1v) is 8.12. The van der Waals surface area contributed by atoms with Crippen LogP contribution in [0.1, 0.15) is 29.9 Å². The van der Waals surface area contributed by atoms with Crippen molar-refractivity contribution in [2.45, 2.75) is 26.4 Å². The van der Waals surface area contributed by atoms with Gasteiger partial charge in [0.2, 0.25) is 0 Å². The molecular formula is C18H24ClN3O2. The highest BCUT2D eigenvalue weighted by atomic mass is 35.5. The molecule has 0 spiro atoms. The predicted molar refractivity (Wildman–Crippen MR) is 97.9 cm³/mol. The summed E-state index contributed by atoms with van der Waals surface area (Å²) in [4.78, 5) is 20.6. The summed E-state index contributed by atoms with van der Waals surface area (Å²) in [5, 5.41) is 9.92. The number of carboxylic acids is 1. The minimum Gasteiger partial charge on any atom is -0.478 e. The summed E-state index contributed by atoms with van der Waals surface area (Å²) in [5.41, 5.74) is 2.20. The number of aromatic nitrogens is 1. The molecule has 0 saturated carbocycles. The Morgan fingerprint density at radius 3 is 2.50 bits per heavy atom. The van der Waals surface area contributed by atoms with Crippen LogP contribution in [0.25, 0.3) is 10.9 Å². The van der Waals surface area contributed by atoms with Gasteiger partial charge in [-0.2, -0.15) is 0 Å². The van der Waals surface area contributed by atoms with Crippen LogP contribution in [0.4, 0.5) is 0 Å². The number of fused-ring (bicyclic) bond motifs is 1. The number of hydrogen-bond acceptors (Lipinski definition) is 4. The van der Waals surface area contributed by atoms with Crippen LogP contribution < -0.4 is 0 Å². The molecule has 0 aliphatic carbocycles. The van der Waals surface area contributed by atoms with Crippen molar-refractivity contribution >= 4 is 29.3 Å². The summed E-state index contributed by atoms with van der Waals surface area (Å²) in [6.07, 6.45) is 0. The summed E-state index contributed by atoms with van der Waals surface area (Å²) in [6.45, 7) is 9.67.